The summed E-state index contributed by atoms with van der Waals surface area (Å²) in [6, 6.07) is 26.0. The van der Waals surface area contributed by atoms with Gasteiger partial charge in [0.2, 0.25) is 0 Å². The molecule has 1 N–H and O–H groups in total. The molecule has 0 spiro atoms. The second kappa shape index (κ2) is 7.63. The van der Waals surface area contributed by atoms with E-state index in [-0.39, 0.29) is 29.9 Å². The van der Waals surface area contributed by atoms with E-state index < -0.39 is 5.97 Å². The molecule has 3 aromatic rings. The van der Waals surface area contributed by atoms with Gasteiger partial charge >= 0.3 is 148 Å². The molecule has 0 saturated heterocycles. The number of hydrogen-bond donors (Lipinski definition) is 1. The van der Waals surface area contributed by atoms with Crippen molar-refractivity contribution in [2.24, 2.45) is 0 Å². The van der Waals surface area contributed by atoms with Crippen LogP contribution in [-0.2, 0) is 0 Å². The van der Waals surface area contributed by atoms with Crippen LogP contribution in [0.5, 0.6) is 0 Å². The van der Waals surface area contributed by atoms with Crippen LogP contribution in [0.1, 0.15) is 10.4 Å². The topological polar surface area (TPSA) is 37.3 Å². The van der Waals surface area contributed by atoms with Gasteiger partial charge in [-0.25, -0.2) is 0 Å². The molecular formula is C19H14O2Se2. The van der Waals surface area contributed by atoms with Crippen molar-refractivity contribution in [1.82, 2.24) is 0 Å². The molecule has 3 rings (SSSR count). The van der Waals surface area contributed by atoms with Gasteiger partial charge in [-0.05, 0) is 0 Å². The first-order chi connectivity index (χ1) is 11.2. The van der Waals surface area contributed by atoms with E-state index in [1.165, 1.54) is 8.92 Å². The van der Waals surface area contributed by atoms with E-state index in [0.717, 1.165) is 8.92 Å². The normalized spacial score (nSPS) is 10.4. The van der Waals surface area contributed by atoms with Crippen LogP contribution in [0.2, 0.25) is 0 Å². The molecular weight excluding hydrogens is 418 g/mol. The summed E-state index contributed by atoms with van der Waals surface area (Å²) in [4.78, 5) is 11.8. The average Bonchev–Trinajstić information content (AvgIpc) is 2.56. The molecule has 2 nitrogen and oxygen atoms in total. The second-order valence-corrected chi connectivity index (χ2v) is 9.44. The van der Waals surface area contributed by atoms with Gasteiger partial charge in [0, 0.05) is 0 Å². The Morgan fingerprint density at radius 1 is 0.652 bits per heavy atom. The third kappa shape index (κ3) is 4.13. The van der Waals surface area contributed by atoms with Gasteiger partial charge in [0.05, 0.1) is 0 Å². The summed E-state index contributed by atoms with van der Waals surface area (Å²) >= 11 is -0.00444. The fourth-order valence-corrected chi connectivity index (χ4v) is 6.62. The monoisotopic (exact) mass is 434 g/mol. The van der Waals surface area contributed by atoms with Crippen molar-refractivity contribution in [3.05, 3.63) is 84.4 Å². The predicted octanol–water partition coefficient (Wildman–Crippen LogP) is 0.695. The van der Waals surface area contributed by atoms with Crippen LogP contribution in [0.4, 0.5) is 0 Å². The third-order valence-electron chi connectivity index (χ3n) is 3.14. The Morgan fingerprint density at radius 2 is 1.09 bits per heavy atom. The molecule has 0 atom stereocenters. The number of carbonyl (C=O) groups is 1. The quantitative estimate of drug-likeness (QED) is 0.603. The molecule has 0 aliphatic heterocycles. The molecule has 0 radical (unpaired) electrons. The van der Waals surface area contributed by atoms with Crippen molar-refractivity contribution >= 4 is 53.7 Å². The molecule has 3 aromatic carbocycles. The number of benzene rings is 3. The van der Waals surface area contributed by atoms with E-state index in [0.29, 0.717) is 5.56 Å². The minimum absolute atomic E-state index is 0.00222. The Hall–Kier alpha value is -1.83. The van der Waals surface area contributed by atoms with E-state index in [2.05, 4.69) is 24.3 Å². The van der Waals surface area contributed by atoms with Gasteiger partial charge in [0.1, 0.15) is 0 Å². The molecule has 23 heavy (non-hydrogen) atoms. The summed E-state index contributed by atoms with van der Waals surface area (Å²) in [5.74, 6) is -0.828. The van der Waals surface area contributed by atoms with Gasteiger partial charge in [-0.15, -0.1) is 0 Å². The zero-order valence-corrected chi connectivity index (χ0v) is 15.6. The van der Waals surface area contributed by atoms with Crippen LogP contribution in [0.25, 0.3) is 0 Å². The standard InChI is InChI=1S/C19H14O2Se2/c20-19(21)18-16(22-14-8-3-1-4-9-14)12-7-13-17(18)23-15-10-5-2-6-11-15/h1-13H,(H,20,21). The molecule has 0 bridgehead atoms. The first kappa shape index (κ1) is 16.0. The van der Waals surface area contributed by atoms with Crippen molar-refractivity contribution in [2.45, 2.75) is 0 Å². The zero-order chi connectivity index (χ0) is 16.1. The number of rotatable bonds is 5. The zero-order valence-electron chi connectivity index (χ0n) is 12.2. The number of carboxylic acids is 1. The van der Waals surface area contributed by atoms with Crippen LogP contribution in [0, 0.1) is 0 Å². The van der Waals surface area contributed by atoms with Gasteiger partial charge in [-0.1, -0.05) is 0 Å². The molecule has 0 saturated carbocycles. The number of hydrogen-bond acceptors (Lipinski definition) is 1. The summed E-state index contributed by atoms with van der Waals surface area (Å²) in [6.07, 6.45) is 0. The Labute approximate surface area is 147 Å². The van der Waals surface area contributed by atoms with Crippen LogP contribution >= 0.6 is 0 Å². The summed E-state index contributed by atoms with van der Waals surface area (Å²) in [7, 11) is 0. The fraction of sp³-hybridized carbons (Fsp3) is 0. The summed E-state index contributed by atoms with van der Waals surface area (Å²) in [5.41, 5.74) is 0.486. The maximum atomic E-state index is 11.8. The Morgan fingerprint density at radius 3 is 1.48 bits per heavy atom. The Bertz CT molecular complexity index is 742. The summed E-state index contributed by atoms with van der Waals surface area (Å²) < 4.78 is 4.25. The molecule has 0 unspecified atom stereocenters. The van der Waals surface area contributed by atoms with Crippen LogP contribution < -0.4 is 17.8 Å². The average molecular weight is 432 g/mol. The first-order valence-electron chi connectivity index (χ1n) is 7.06. The van der Waals surface area contributed by atoms with E-state index in [9.17, 15) is 9.90 Å². The van der Waals surface area contributed by atoms with Gasteiger partial charge in [-0.2, -0.15) is 0 Å². The van der Waals surface area contributed by atoms with Gasteiger partial charge in [0.25, 0.3) is 0 Å². The molecule has 4 heteroatoms. The number of carboxylic acid groups (broad SMARTS) is 1. The first-order valence-corrected chi connectivity index (χ1v) is 10.5. The minimum atomic E-state index is -0.828. The van der Waals surface area contributed by atoms with Crippen molar-refractivity contribution in [3.63, 3.8) is 0 Å². The molecule has 0 aliphatic rings. The van der Waals surface area contributed by atoms with Gasteiger partial charge in [-0.3, -0.25) is 0 Å². The third-order valence-corrected chi connectivity index (χ3v) is 7.63. The van der Waals surface area contributed by atoms with Crippen molar-refractivity contribution < 1.29 is 9.90 Å². The Balaban J connectivity index is 1.97. The van der Waals surface area contributed by atoms with E-state index in [4.69, 9.17) is 0 Å². The van der Waals surface area contributed by atoms with Crippen LogP contribution in [0.3, 0.4) is 0 Å². The summed E-state index contributed by atoms with van der Waals surface area (Å²) in [5, 5.41) is 9.72. The van der Waals surface area contributed by atoms with Crippen LogP contribution in [-0.4, -0.2) is 41.0 Å². The van der Waals surface area contributed by atoms with Crippen molar-refractivity contribution in [2.75, 3.05) is 0 Å². The molecule has 0 aromatic heterocycles. The van der Waals surface area contributed by atoms with E-state index in [1.807, 2.05) is 54.6 Å². The molecule has 0 heterocycles. The molecule has 0 fully saturated rings. The second-order valence-electron chi connectivity index (χ2n) is 4.76. The van der Waals surface area contributed by atoms with Crippen molar-refractivity contribution in [3.8, 4) is 0 Å². The van der Waals surface area contributed by atoms with E-state index >= 15 is 0 Å². The molecule has 0 amide bonds. The molecule has 114 valence electrons. The van der Waals surface area contributed by atoms with Gasteiger partial charge in [0.15, 0.2) is 0 Å². The Kier molecular flexibility index (Phi) is 5.32. The summed E-state index contributed by atoms with van der Waals surface area (Å²) in [6.45, 7) is 0. The SMILES string of the molecule is O=C(O)c1c([Se]c2ccccc2)cccc1[Se]c1ccccc1. The molecule has 0 aliphatic carbocycles. The van der Waals surface area contributed by atoms with Crippen LogP contribution in [0.15, 0.2) is 78.9 Å². The predicted molar refractivity (Wildman–Crippen MR) is 96.3 cm³/mol. The number of aromatic carboxylic acids is 1. The maximum absolute atomic E-state index is 11.8. The fourth-order valence-electron chi connectivity index (χ4n) is 2.12. The van der Waals surface area contributed by atoms with E-state index in [1.54, 1.807) is 0 Å². The van der Waals surface area contributed by atoms with Gasteiger partial charge < -0.3 is 0 Å². The van der Waals surface area contributed by atoms with Crippen molar-refractivity contribution in [1.29, 1.82) is 0 Å².